The number of allylic oxidation sites excluding steroid dienone is 7. The first kappa shape index (κ1) is 34.6. The van der Waals surface area contributed by atoms with Crippen LogP contribution in [0.2, 0.25) is 0 Å². The lowest BCUT2D eigenvalue weighted by Gasteiger charge is -2.35. The summed E-state index contributed by atoms with van der Waals surface area (Å²) >= 11 is 0. The lowest BCUT2D eigenvalue weighted by Crippen LogP contribution is -2.34. The number of hydrogen-bond donors (Lipinski definition) is 0. The molecule has 7 aromatic rings. The highest BCUT2D eigenvalue weighted by molar-refractivity contribution is 6.07. The molecule has 2 heteroatoms. The summed E-state index contributed by atoms with van der Waals surface area (Å²) in [4.78, 5) is 4.97. The molecule has 0 heterocycles. The zero-order valence-corrected chi connectivity index (χ0v) is 32.8. The number of rotatable bonds is 7. The molecule has 0 fully saturated rings. The fourth-order valence-corrected chi connectivity index (χ4v) is 10.1. The zero-order valence-electron chi connectivity index (χ0n) is 32.8. The first-order valence-corrected chi connectivity index (χ1v) is 21.1. The fourth-order valence-electron chi connectivity index (χ4n) is 10.1. The predicted molar refractivity (Wildman–Crippen MR) is 247 cm³/mol. The van der Waals surface area contributed by atoms with Gasteiger partial charge in [0.05, 0.1) is 6.04 Å². The third-order valence-corrected chi connectivity index (χ3v) is 12.8. The summed E-state index contributed by atoms with van der Waals surface area (Å²) in [5.41, 5.74) is 17.8. The third kappa shape index (κ3) is 6.12. The Morgan fingerprint density at radius 1 is 0.517 bits per heavy atom. The van der Waals surface area contributed by atoms with E-state index in [0.29, 0.717) is 6.04 Å². The molecule has 7 aromatic carbocycles. The Labute approximate surface area is 342 Å². The summed E-state index contributed by atoms with van der Waals surface area (Å²) in [5.74, 6) is 0. The zero-order chi connectivity index (χ0) is 38.4. The van der Waals surface area contributed by atoms with E-state index in [1.807, 2.05) is 0 Å². The Bertz CT molecular complexity index is 2870. The highest BCUT2D eigenvalue weighted by Gasteiger charge is 2.28. The largest absolute Gasteiger partial charge is 0.338 e. The van der Waals surface area contributed by atoms with E-state index in [4.69, 9.17) is 0 Å². The van der Waals surface area contributed by atoms with Gasteiger partial charge in [-0.3, -0.25) is 0 Å². The van der Waals surface area contributed by atoms with Gasteiger partial charge in [0.15, 0.2) is 0 Å². The lowest BCUT2D eigenvalue weighted by molar-refractivity contribution is 0.720. The first-order chi connectivity index (χ1) is 28.8. The number of benzene rings is 7. The normalized spacial score (nSPS) is 16.7. The quantitative estimate of drug-likeness (QED) is 0.160. The summed E-state index contributed by atoms with van der Waals surface area (Å²) < 4.78 is 0. The number of fused-ring (bicyclic) bond motifs is 9. The number of anilines is 4. The topological polar surface area (TPSA) is 6.48 Å². The third-order valence-electron chi connectivity index (χ3n) is 12.8. The highest BCUT2D eigenvalue weighted by Crippen LogP contribution is 2.48. The van der Waals surface area contributed by atoms with Crippen molar-refractivity contribution >= 4 is 55.9 Å². The molecular weight excluding hydrogens is 701 g/mol. The van der Waals surface area contributed by atoms with Crippen molar-refractivity contribution in [3.8, 4) is 11.1 Å². The minimum Gasteiger partial charge on any atom is -0.338 e. The highest BCUT2D eigenvalue weighted by atomic mass is 15.2. The van der Waals surface area contributed by atoms with Crippen molar-refractivity contribution in [2.24, 2.45) is 0 Å². The van der Waals surface area contributed by atoms with Gasteiger partial charge >= 0.3 is 0 Å². The molecule has 2 nitrogen and oxygen atoms in total. The number of nitrogens with zero attached hydrogens (tertiary/aromatic N) is 2. The molecular formula is C56H46N2. The molecule has 0 saturated heterocycles. The Morgan fingerprint density at radius 2 is 1.28 bits per heavy atom. The van der Waals surface area contributed by atoms with Crippen molar-refractivity contribution in [3.05, 3.63) is 216 Å². The van der Waals surface area contributed by atoms with Crippen molar-refractivity contribution in [2.75, 3.05) is 9.80 Å². The van der Waals surface area contributed by atoms with E-state index in [1.54, 1.807) is 11.1 Å². The summed E-state index contributed by atoms with van der Waals surface area (Å²) in [6.45, 7) is 0. The molecule has 4 aliphatic rings. The summed E-state index contributed by atoms with van der Waals surface area (Å²) in [6.07, 6.45) is 25.8. The predicted octanol–water partition coefficient (Wildman–Crippen LogP) is 14.6. The van der Waals surface area contributed by atoms with E-state index >= 15 is 0 Å². The molecule has 0 radical (unpaired) electrons. The monoisotopic (exact) mass is 746 g/mol. The van der Waals surface area contributed by atoms with Gasteiger partial charge in [0, 0.05) is 28.4 Å². The number of hydrogen-bond acceptors (Lipinski definition) is 2. The van der Waals surface area contributed by atoms with Gasteiger partial charge in [0.1, 0.15) is 0 Å². The van der Waals surface area contributed by atoms with E-state index in [9.17, 15) is 0 Å². The van der Waals surface area contributed by atoms with Crippen LogP contribution >= 0.6 is 0 Å². The molecule has 0 unspecified atom stereocenters. The van der Waals surface area contributed by atoms with Crippen LogP contribution in [0.15, 0.2) is 188 Å². The molecule has 0 aliphatic heterocycles. The molecule has 0 saturated carbocycles. The second kappa shape index (κ2) is 14.7. The van der Waals surface area contributed by atoms with E-state index in [0.717, 1.165) is 44.9 Å². The molecule has 1 atom stereocenters. The van der Waals surface area contributed by atoms with Crippen molar-refractivity contribution < 1.29 is 0 Å². The minimum absolute atomic E-state index is 0.344. The SMILES string of the molecule is C1=CCCC(N(c2ccc(C3=Cc4c(c5c(c6ccccc46)-c4ccc(N(c6ccccc6)c6ccc7ccccc7c6)cc4CC5)CC3)cc2)[C@H]2C=CC=CC2)=C1. The Kier molecular flexibility index (Phi) is 8.77. The Morgan fingerprint density at radius 3 is 2.10 bits per heavy atom. The van der Waals surface area contributed by atoms with Gasteiger partial charge in [-0.2, -0.15) is 0 Å². The molecule has 280 valence electrons. The molecule has 4 aliphatic carbocycles. The summed E-state index contributed by atoms with van der Waals surface area (Å²) in [7, 11) is 0. The van der Waals surface area contributed by atoms with Crippen molar-refractivity contribution in [1.82, 2.24) is 0 Å². The molecule has 0 N–H and O–H groups in total. The van der Waals surface area contributed by atoms with Gasteiger partial charge in [-0.05, 0) is 166 Å². The second-order valence-corrected chi connectivity index (χ2v) is 16.2. The standard InChI is InChI=1S/C56H46N2/c1-4-16-44(17-5-1)57(45-18-6-2-7-19-45)47-29-24-40(25-30-47)42-27-33-52-54-34-28-43-37-49(32-35-50(43)56(54)53-23-13-12-22-51(53)55(52)38-42)58(46-20-8-3-9-21-46)48-31-26-39-14-10-11-15-41(39)36-48/h1-6,8-16,18,20-26,29-32,35-38,44H,7,17,19,27-28,33-34H2/t44-/m0/s1. The van der Waals surface area contributed by atoms with Crippen LogP contribution in [0.3, 0.4) is 0 Å². The van der Waals surface area contributed by atoms with Crippen LogP contribution in [0.5, 0.6) is 0 Å². The molecule has 11 rings (SSSR count). The van der Waals surface area contributed by atoms with Crippen molar-refractivity contribution in [2.45, 2.75) is 51.0 Å². The Hall–Kier alpha value is -6.64. The maximum Gasteiger partial charge on any atom is 0.0556 e. The fraction of sp³-hybridized carbons (Fsp3) is 0.143. The van der Waals surface area contributed by atoms with Crippen molar-refractivity contribution in [3.63, 3.8) is 0 Å². The lowest BCUT2D eigenvalue weighted by atomic mass is 9.75. The van der Waals surface area contributed by atoms with Crippen LogP contribution in [-0.4, -0.2) is 6.04 Å². The van der Waals surface area contributed by atoms with E-state index in [2.05, 4.69) is 198 Å². The smallest absolute Gasteiger partial charge is 0.0556 e. The molecule has 0 bridgehead atoms. The van der Waals surface area contributed by atoms with Gasteiger partial charge in [0.2, 0.25) is 0 Å². The van der Waals surface area contributed by atoms with Gasteiger partial charge in [-0.25, -0.2) is 0 Å². The molecule has 58 heavy (non-hydrogen) atoms. The average Bonchev–Trinajstić information content (AvgIpc) is 3.30. The maximum absolute atomic E-state index is 2.56. The summed E-state index contributed by atoms with van der Waals surface area (Å²) in [6, 6.07) is 52.4. The van der Waals surface area contributed by atoms with Gasteiger partial charge < -0.3 is 9.80 Å². The van der Waals surface area contributed by atoms with Crippen LogP contribution in [0.25, 0.3) is 44.3 Å². The van der Waals surface area contributed by atoms with Crippen LogP contribution in [-0.2, 0) is 19.3 Å². The van der Waals surface area contributed by atoms with Gasteiger partial charge in [0.25, 0.3) is 0 Å². The first-order valence-electron chi connectivity index (χ1n) is 21.1. The van der Waals surface area contributed by atoms with Crippen LogP contribution in [0, 0.1) is 0 Å². The summed E-state index contributed by atoms with van der Waals surface area (Å²) in [5, 5.41) is 5.24. The Balaban J connectivity index is 0.964. The number of aryl methyl sites for hydroxylation is 1. The van der Waals surface area contributed by atoms with E-state index < -0.39 is 0 Å². The van der Waals surface area contributed by atoms with Crippen LogP contribution in [0.4, 0.5) is 22.7 Å². The molecule has 0 aromatic heterocycles. The average molecular weight is 747 g/mol. The number of para-hydroxylation sites is 1. The van der Waals surface area contributed by atoms with Gasteiger partial charge in [-0.15, -0.1) is 0 Å². The van der Waals surface area contributed by atoms with E-state index in [-0.39, 0.29) is 0 Å². The van der Waals surface area contributed by atoms with Crippen LogP contribution < -0.4 is 9.80 Å². The molecule has 0 amide bonds. The molecule has 0 spiro atoms. The second-order valence-electron chi connectivity index (χ2n) is 16.2. The van der Waals surface area contributed by atoms with Crippen LogP contribution in [0.1, 0.15) is 53.5 Å². The van der Waals surface area contributed by atoms with Gasteiger partial charge in [-0.1, -0.05) is 134 Å². The van der Waals surface area contributed by atoms with E-state index in [1.165, 1.54) is 83.4 Å². The maximum atomic E-state index is 2.56. The van der Waals surface area contributed by atoms with Crippen molar-refractivity contribution in [1.29, 1.82) is 0 Å². The minimum atomic E-state index is 0.344.